The Morgan fingerprint density at radius 2 is 2.28 bits per heavy atom. The smallest absolute Gasteiger partial charge is 0.225 e. The van der Waals surface area contributed by atoms with Crippen LogP contribution in [0.2, 0.25) is 0 Å². The molecule has 0 radical (unpaired) electrons. The highest BCUT2D eigenvalue weighted by atomic mass is 16.5. The van der Waals surface area contributed by atoms with E-state index in [1.54, 1.807) is 0 Å². The highest BCUT2D eigenvalue weighted by Crippen LogP contribution is 2.29. The van der Waals surface area contributed by atoms with E-state index in [0.717, 1.165) is 49.2 Å². The Hall–Kier alpha value is -1.76. The summed E-state index contributed by atoms with van der Waals surface area (Å²) in [7, 11) is 0. The Labute approximate surface area is 104 Å². The molecule has 0 aromatic carbocycles. The van der Waals surface area contributed by atoms with Crippen molar-refractivity contribution < 1.29 is 4.74 Å². The van der Waals surface area contributed by atoms with E-state index in [0.29, 0.717) is 5.82 Å². The van der Waals surface area contributed by atoms with E-state index in [9.17, 15) is 0 Å². The van der Waals surface area contributed by atoms with Gasteiger partial charge in [-0.05, 0) is 11.6 Å². The Kier molecular flexibility index (Phi) is 3.06. The van der Waals surface area contributed by atoms with Gasteiger partial charge in [-0.2, -0.15) is 10.3 Å². The number of aromatic nitrogens is 6. The highest BCUT2D eigenvalue weighted by molar-refractivity contribution is 5.56. The fraction of sp³-hybridized carbons (Fsp3) is 0.636. The molecule has 0 aliphatic heterocycles. The lowest BCUT2D eigenvalue weighted by atomic mass is 10.2. The second-order valence-corrected chi connectivity index (χ2v) is 4.52. The largest absolute Gasteiger partial charge is 0.377 e. The summed E-state index contributed by atoms with van der Waals surface area (Å²) in [5.41, 5.74) is 3.09. The number of hydrogen-bond acceptors (Lipinski definition) is 5. The molecule has 0 fully saturated rings. The molecule has 1 atom stereocenters. The average Bonchev–Trinajstić information content (AvgIpc) is 3.03. The van der Waals surface area contributed by atoms with Gasteiger partial charge in [-0.1, -0.05) is 13.3 Å². The van der Waals surface area contributed by atoms with Crippen molar-refractivity contribution in [3.8, 4) is 11.5 Å². The lowest BCUT2D eigenvalue weighted by molar-refractivity contribution is 0.0582. The summed E-state index contributed by atoms with van der Waals surface area (Å²) in [6.07, 6.45) is 4.30. The second kappa shape index (κ2) is 4.85. The first-order chi connectivity index (χ1) is 8.88. The number of nitrogens with one attached hydrogen (secondary N) is 2. The van der Waals surface area contributed by atoms with Gasteiger partial charge >= 0.3 is 0 Å². The summed E-state index contributed by atoms with van der Waals surface area (Å²) in [4.78, 5) is 0. The molecule has 0 spiro atoms. The van der Waals surface area contributed by atoms with Crippen molar-refractivity contribution in [2.24, 2.45) is 0 Å². The van der Waals surface area contributed by atoms with E-state index in [2.05, 4.69) is 37.7 Å². The van der Waals surface area contributed by atoms with Gasteiger partial charge in [0, 0.05) is 30.7 Å². The lowest BCUT2D eigenvalue weighted by Crippen LogP contribution is -2.14. The number of aromatic amines is 2. The normalized spacial score (nSPS) is 18.2. The second-order valence-electron chi connectivity index (χ2n) is 4.52. The van der Waals surface area contributed by atoms with Crippen LogP contribution in [-0.4, -0.2) is 43.5 Å². The molecule has 1 aliphatic carbocycles. The fourth-order valence-corrected chi connectivity index (χ4v) is 2.28. The van der Waals surface area contributed by atoms with Gasteiger partial charge in [0.15, 0.2) is 0 Å². The van der Waals surface area contributed by atoms with E-state index < -0.39 is 0 Å². The number of nitrogens with zero attached hydrogens (tertiary/aromatic N) is 4. The number of hydrogen-bond donors (Lipinski definition) is 2. The quantitative estimate of drug-likeness (QED) is 0.766. The van der Waals surface area contributed by atoms with Gasteiger partial charge in [-0.3, -0.25) is 5.10 Å². The molecule has 2 aromatic rings. The molecule has 2 N–H and O–H groups in total. The van der Waals surface area contributed by atoms with Crippen LogP contribution in [-0.2, 0) is 17.6 Å². The molecule has 1 aliphatic rings. The molecule has 96 valence electrons. The predicted molar refractivity (Wildman–Crippen MR) is 63.8 cm³/mol. The molecule has 1 unspecified atom stereocenters. The van der Waals surface area contributed by atoms with Crippen molar-refractivity contribution in [1.29, 1.82) is 0 Å². The summed E-state index contributed by atoms with van der Waals surface area (Å²) in [5, 5.41) is 21.2. The summed E-state index contributed by atoms with van der Waals surface area (Å²) in [5.74, 6) is 0.543. The number of tetrazole rings is 1. The first kappa shape index (κ1) is 11.3. The van der Waals surface area contributed by atoms with Crippen molar-refractivity contribution in [1.82, 2.24) is 30.8 Å². The number of ether oxygens (including phenoxy) is 1. The topological polar surface area (TPSA) is 92.4 Å². The van der Waals surface area contributed by atoms with Crippen LogP contribution < -0.4 is 0 Å². The monoisotopic (exact) mass is 248 g/mol. The number of H-pyrrole nitrogens is 2. The van der Waals surface area contributed by atoms with Gasteiger partial charge in [-0.15, -0.1) is 10.2 Å². The third-order valence-corrected chi connectivity index (χ3v) is 3.22. The number of unbranched alkanes of at least 4 members (excludes halogenated alkanes) is 1. The molecule has 2 aromatic heterocycles. The van der Waals surface area contributed by atoms with Crippen LogP contribution in [0.5, 0.6) is 0 Å². The summed E-state index contributed by atoms with van der Waals surface area (Å²) >= 11 is 0. The minimum Gasteiger partial charge on any atom is -0.377 e. The molecule has 0 amide bonds. The maximum absolute atomic E-state index is 5.84. The van der Waals surface area contributed by atoms with E-state index >= 15 is 0 Å². The molecule has 3 rings (SSSR count). The van der Waals surface area contributed by atoms with Gasteiger partial charge in [0.2, 0.25) is 5.82 Å². The van der Waals surface area contributed by atoms with Crippen molar-refractivity contribution in [2.75, 3.05) is 6.61 Å². The van der Waals surface area contributed by atoms with E-state index in [1.807, 2.05) is 0 Å². The van der Waals surface area contributed by atoms with Crippen LogP contribution in [0.15, 0.2) is 0 Å². The standard InChI is InChI=1S/C11H16N6O/c1-2-3-4-18-7-5-8-9(6-7)12-13-10(8)11-14-16-17-15-11/h7H,2-6H2,1H3,(H,12,13)(H,14,15,16,17). The van der Waals surface area contributed by atoms with Gasteiger partial charge in [-0.25, -0.2) is 0 Å². The van der Waals surface area contributed by atoms with Crippen LogP contribution in [0.25, 0.3) is 11.5 Å². The number of fused-ring (bicyclic) bond motifs is 1. The minimum absolute atomic E-state index is 0.256. The van der Waals surface area contributed by atoms with Crippen LogP contribution in [0, 0.1) is 0 Å². The van der Waals surface area contributed by atoms with E-state index in [-0.39, 0.29) is 6.10 Å². The molecule has 2 heterocycles. The summed E-state index contributed by atoms with van der Waals surface area (Å²) in [6.45, 7) is 3.00. The molecule has 7 nitrogen and oxygen atoms in total. The molecular formula is C11H16N6O. The van der Waals surface area contributed by atoms with Gasteiger partial charge < -0.3 is 4.74 Å². The van der Waals surface area contributed by atoms with Crippen LogP contribution in [0.1, 0.15) is 31.0 Å². The van der Waals surface area contributed by atoms with Crippen LogP contribution in [0.3, 0.4) is 0 Å². The Morgan fingerprint density at radius 1 is 1.33 bits per heavy atom. The van der Waals surface area contributed by atoms with Crippen LogP contribution >= 0.6 is 0 Å². The molecule has 7 heteroatoms. The zero-order valence-corrected chi connectivity index (χ0v) is 10.3. The van der Waals surface area contributed by atoms with Gasteiger partial charge in [0.1, 0.15) is 5.69 Å². The summed E-state index contributed by atoms with van der Waals surface area (Å²) in [6, 6.07) is 0. The number of rotatable bonds is 5. The van der Waals surface area contributed by atoms with E-state index in [4.69, 9.17) is 4.74 Å². The maximum atomic E-state index is 5.84. The van der Waals surface area contributed by atoms with Crippen molar-refractivity contribution in [2.45, 2.75) is 38.7 Å². The van der Waals surface area contributed by atoms with E-state index in [1.165, 1.54) is 0 Å². The Bertz CT molecular complexity index is 506. The van der Waals surface area contributed by atoms with Crippen molar-refractivity contribution in [3.63, 3.8) is 0 Å². The predicted octanol–water partition coefficient (Wildman–Crippen LogP) is 0.874. The minimum atomic E-state index is 0.256. The third-order valence-electron chi connectivity index (χ3n) is 3.22. The zero-order valence-electron chi connectivity index (χ0n) is 10.3. The SMILES string of the molecule is CCCCOC1Cc2[nH]nc(-c3nn[nH]n3)c2C1. The zero-order chi connectivity index (χ0) is 12.4. The summed E-state index contributed by atoms with van der Waals surface area (Å²) < 4.78 is 5.84. The molecular weight excluding hydrogens is 232 g/mol. The van der Waals surface area contributed by atoms with Crippen LogP contribution in [0.4, 0.5) is 0 Å². The fourth-order valence-electron chi connectivity index (χ4n) is 2.28. The lowest BCUT2D eigenvalue weighted by Gasteiger charge is -2.10. The maximum Gasteiger partial charge on any atom is 0.225 e. The van der Waals surface area contributed by atoms with Crippen molar-refractivity contribution >= 4 is 0 Å². The first-order valence-corrected chi connectivity index (χ1v) is 6.30. The van der Waals surface area contributed by atoms with Gasteiger partial charge in [0.25, 0.3) is 0 Å². The molecule has 0 bridgehead atoms. The molecule has 0 saturated carbocycles. The van der Waals surface area contributed by atoms with Gasteiger partial charge in [0.05, 0.1) is 6.10 Å². The molecule has 18 heavy (non-hydrogen) atoms. The Morgan fingerprint density at radius 3 is 3.06 bits per heavy atom. The molecule has 0 saturated heterocycles. The highest BCUT2D eigenvalue weighted by Gasteiger charge is 2.29. The Balaban J connectivity index is 1.71. The average molecular weight is 248 g/mol. The third kappa shape index (κ3) is 2.01. The van der Waals surface area contributed by atoms with Crippen molar-refractivity contribution in [3.05, 3.63) is 11.3 Å². The first-order valence-electron chi connectivity index (χ1n) is 6.30.